The first-order valence-corrected chi connectivity index (χ1v) is 6.73. The molecule has 0 fully saturated rings. The van der Waals surface area contributed by atoms with Crippen molar-refractivity contribution in [2.75, 3.05) is 0 Å². The van der Waals surface area contributed by atoms with Crippen molar-refractivity contribution in [2.45, 2.75) is 31.6 Å². The highest BCUT2D eigenvalue weighted by molar-refractivity contribution is 5.21. The first-order chi connectivity index (χ1) is 9.96. The molecule has 0 spiro atoms. The van der Waals surface area contributed by atoms with E-state index >= 15 is 0 Å². The molecule has 0 bridgehead atoms. The minimum Gasteiger partial charge on any atom is -0.303 e. The monoisotopic (exact) mass is 294 g/mol. The molecule has 2 rings (SSSR count). The van der Waals surface area contributed by atoms with Gasteiger partial charge < -0.3 is 5.32 Å². The second-order valence-electron chi connectivity index (χ2n) is 4.96. The van der Waals surface area contributed by atoms with Crippen molar-refractivity contribution in [3.05, 3.63) is 66.0 Å². The summed E-state index contributed by atoms with van der Waals surface area (Å²) in [5.74, 6) is 0. The standard InChI is InChI=1S/C16H17F3N2/c1-12(14-8-5-9-20-11-14)21-15(10-16(17,18)19)13-6-3-2-4-7-13/h2-9,11-12,15,21H,10H2,1H3. The first kappa shape index (κ1) is 15.5. The molecule has 0 aliphatic carbocycles. The molecule has 1 heterocycles. The summed E-state index contributed by atoms with van der Waals surface area (Å²) < 4.78 is 38.4. The molecule has 0 radical (unpaired) electrons. The molecule has 5 heteroatoms. The second kappa shape index (κ2) is 6.72. The van der Waals surface area contributed by atoms with Crippen molar-refractivity contribution in [3.8, 4) is 0 Å². The molecule has 1 N–H and O–H groups in total. The molecule has 0 saturated carbocycles. The Morgan fingerprint density at radius 2 is 1.71 bits per heavy atom. The Hall–Kier alpha value is -1.88. The average Bonchev–Trinajstić information content (AvgIpc) is 2.47. The maximum Gasteiger partial charge on any atom is 0.390 e. The molecule has 2 aromatic rings. The van der Waals surface area contributed by atoms with Crippen LogP contribution in [-0.2, 0) is 0 Å². The van der Waals surface area contributed by atoms with Crippen molar-refractivity contribution < 1.29 is 13.2 Å². The Labute approximate surface area is 122 Å². The van der Waals surface area contributed by atoms with Gasteiger partial charge in [0.1, 0.15) is 0 Å². The van der Waals surface area contributed by atoms with Gasteiger partial charge in [0.15, 0.2) is 0 Å². The number of rotatable bonds is 5. The molecule has 0 aliphatic heterocycles. The molecule has 0 amide bonds. The molecule has 0 aliphatic rings. The highest BCUT2D eigenvalue weighted by Crippen LogP contribution is 2.31. The zero-order valence-electron chi connectivity index (χ0n) is 11.6. The molecule has 1 aromatic carbocycles. The summed E-state index contributed by atoms with van der Waals surface area (Å²) in [6.45, 7) is 1.84. The summed E-state index contributed by atoms with van der Waals surface area (Å²) in [6.07, 6.45) is -1.82. The fraction of sp³-hybridized carbons (Fsp3) is 0.312. The number of halogens is 3. The maximum atomic E-state index is 12.8. The number of alkyl halides is 3. The second-order valence-corrected chi connectivity index (χ2v) is 4.96. The lowest BCUT2D eigenvalue weighted by atomic mass is 10.0. The summed E-state index contributed by atoms with van der Waals surface area (Å²) in [7, 11) is 0. The third-order valence-corrected chi connectivity index (χ3v) is 3.27. The summed E-state index contributed by atoms with van der Waals surface area (Å²) in [6, 6.07) is 11.3. The molecule has 2 nitrogen and oxygen atoms in total. The van der Waals surface area contributed by atoms with E-state index in [-0.39, 0.29) is 6.04 Å². The Bertz CT molecular complexity index is 540. The predicted octanol–water partition coefficient (Wildman–Crippen LogP) is 4.43. The number of nitrogens with one attached hydrogen (secondary N) is 1. The van der Waals surface area contributed by atoms with Gasteiger partial charge in [0.05, 0.1) is 6.42 Å². The third-order valence-electron chi connectivity index (χ3n) is 3.27. The fourth-order valence-corrected chi connectivity index (χ4v) is 2.22. The summed E-state index contributed by atoms with van der Waals surface area (Å²) >= 11 is 0. The number of pyridine rings is 1. The molecule has 0 saturated heterocycles. The van der Waals surface area contributed by atoms with Crippen LogP contribution in [0.4, 0.5) is 13.2 Å². The quantitative estimate of drug-likeness (QED) is 0.882. The van der Waals surface area contributed by atoms with Gasteiger partial charge in [0, 0.05) is 24.5 Å². The van der Waals surface area contributed by atoms with E-state index in [4.69, 9.17) is 0 Å². The topological polar surface area (TPSA) is 24.9 Å². The lowest BCUT2D eigenvalue weighted by Crippen LogP contribution is -2.29. The Balaban J connectivity index is 2.16. The smallest absolute Gasteiger partial charge is 0.303 e. The van der Waals surface area contributed by atoms with Crippen LogP contribution in [0.15, 0.2) is 54.9 Å². The average molecular weight is 294 g/mol. The van der Waals surface area contributed by atoms with Gasteiger partial charge in [-0.1, -0.05) is 36.4 Å². The number of aromatic nitrogens is 1. The van der Waals surface area contributed by atoms with E-state index in [1.807, 2.05) is 13.0 Å². The van der Waals surface area contributed by atoms with Gasteiger partial charge in [-0.3, -0.25) is 4.98 Å². The van der Waals surface area contributed by atoms with Crippen molar-refractivity contribution in [1.29, 1.82) is 0 Å². The van der Waals surface area contributed by atoms with Crippen LogP contribution in [0.2, 0.25) is 0 Å². The van der Waals surface area contributed by atoms with E-state index in [0.717, 1.165) is 5.56 Å². The van der Waals surface area contributed by atoms with Crippen LogP contribution in [0, 0.1) is 0 Å². The summed E-state index contributed by atoms with van der Waals surface area (Å²) in [5.41, 5.74) is 1.49. The molecule has 21 heavy (non-hydrogen) atoms. The Morgan fingerprint density at radius 1 is 1.05 bits per heavy atom. The van der Waals surface area contributed by atoms with Crippen LogP contribution in [0.5, 0.6) is 0 Å². The van der Waals surface area contributed by atoms with E-state index in [9.17, 15) is 13.2 Å². The molecule has 2 atom stereocenters. The van der Waals surface area contributed by atoms with Crippen LogP contribution in [0.1, 0.15) is 36.6 Å². The summed E-state index contributed by atoms with van der Waals surface area (Å²) in [5, 5.41) is 3.05. The number of hydrogen-bond acceptors (Lipinski definition) is 2. The van der Waals surface area contributed by atoms with Gasteiger partial charge in [-0.15, -0.1) is 0 Å². The van der Waals surface area contributed by atoms with Gasteiger partial charge in [-0.2, -0.15) is 13.2 Å². The van der Waals surface area contributed by atoms with Gasteiger partial charge >= 0.3 is 6.18 Å². The molecule has 112 valence electrons. The minimum atomic E-state index is -4.22. The van der Waals surface area contributed by atoms with Crippen molar-refractivity contribution in [3.63, 3.8) is 0 Å². The molecule has 1 aromatic heterocycles. The summed E-state index contributed by atoms with van der Waals surface area (Å²) in [4.78, 5) is 4.00. The van der Waals surface area contributed by atoms with Crippen molar-refractivity contribution in [2.24, 2.45) is 0 Å². The van der Waals surface area contributed by atoms with Crippen molar-refractivity contribution in [1.82, 2.24) is 10.3 Å². The highest BCUT2D eigenvalue weighted by Gasteiger charge is 2.33. The van der Waals surface area contributed by atoms with E-state index in [1.54, 1.807) is 48.8 Å². The van der Waals surface area contributed by atoms with Gasteiger partial charge in [-0.25, -0.2) is 0 Å². The Kier molecular flexibility index (Phi) is 4.96. The van der Waals surface area contributed by atoms with Crippen LogP contribution in [0.3, 0.4) is 0 Å². The number of nitrogens with zero attached hydrogens (tertiary/aromatic N) is 1. The normalized spacial score (nSPS) is 14.7. The van der Waals surface area contributed by atoms with E-state index in [2.05, 4.69) is 10.3 Å². The predicted molar refractivity (Wildman–Crippen MR) is 75.6 cm³/mol. The van der Waals surface area contributed by atoms with Crippen LogP contribution < -0.4 is 5.32 Å². The molecular formula is C16H17F3N2. The van der Waals surface area contributed by atoms with Gasteiger partial charge in [0.2, 0.25) is 0 Å². The maximum absolute atomic E-state index is 12.8. The van der Waals surface area contributed by atoms with Crippen LogP contribution in [-0.4, -0.2) is 11.2 Å². The van der Waals surface area contributed by atoms with Gasteiger partial charge in [0.25, 0.3) is 0 Å². The zero-order valence-corrected chi connectivity index (χ0v) is 11.6. The fourth-order valence-electron chi connectivity index (χ4n) is 2.22. The number of hydrogen-bond donors (Lipinski definition) is 1. The largest absolute Gasteiger partial charge is 0.390 e. The lowest BCUT2D eigenvalue weighted by molar-refractivity contribution is -0.140. The molecule has 2 unspecified atom stereocenters. The first-order valence-electron chi connectivity index (χ1n) is 6.73. The Morgan fingerprint density at radius 3 is 2.29 bits per heavy atom. The van der Waals surface area contributed by atoms with E-state index in [0.29, 0.717) is 5.56 Å². The van der Waals surface area contributed by atoms with Crippen LogP contribution >= 0.6 is 0 Å². The zero-order chi connectivity index (χ0) is 15.3. The highest BCUT2D eigenvalue weighted by atomic mass is 19.4. The lowest BCUT2D eigenvalue weighted by Gasteiger charge is -2.25. The van der Waals surface area contributed by atoms with E-state index in [1.165, 1.54) is 0 Å². The third kappa shape index (κ3) is 4.86. The molecular weight excluding hydrogens is 277 g/mol. The number of benzene rings is 1. The van der Waals surface area contributed by atoms with Crippen molar-refractivity contribution >= 4 is 0 Å². The van der Waals surface area contributed by atoms with E-state index < -0.39 is 18.6 Å². The van der Waals surface area contributed by atoms with Gasteiger partial charge in [-0.05, 0) is 24.1 Å². The minimum absolute atomic E-state index is 0.216. The SMILES string of the molecule is CC(NC(CC(F)(F)F)c1ccccc1)c1cccnc1. The van der Waals surface area contributed by atoms with Crippen LogP contribution in [0.25, 0.3) is 0 Å².